The predicted molar refractivity (Wildman–Crippen MR) is 80.3 cm³/mol. The summed E-state index contributed by atoms with van der Waals surface area (Å²) < 4.78 is 18.9. The summed E-state index contributed by atoms with van der Waals surface area (Å²) in [6.45, 7) is 2.85. The van der Waals surface area contributed by atoms with Gasteiger partial charge in [0.1, 0.15) is 18.0 Å². The third-order valence-electron chi connectivity index (χ3n) is 3.73. The van der Waals surface area contributed by atoms with Crippen molar-refractivity contribution < 1.29 is 14.2 Å². The number of benzene rings is 1. The number of halogens is 1. The summed E-state index contributed by atoms with van der Waals surface area (Å²) in [6.07, 6.45) is 1.50. The summed E-state index contributed by atoms with van der Waals surface area (Å²) in [5, 5.41) is 10.0. The topological polar surface area (TPSA) is 58.5 Å². The zero-order chi connectivity index (χ0) is 15.5. The van der Waals surface area contributed by atoms with Crippen LogP contribution in [-0.4, -0.2) is 34.3 Å². The highest BCUT2D eigenvalue weighted by molar-refractivity contribution is 5.46. The zero-order valence-electron chi connectivity index (χ0n) is 12.3. The standard InChI is InChI=1S/C16H18FN3O2/c1-2-22-16-8-15(18-10-19-16)20-9-13(21)7-14(20)11-4-3-5-12(17)6-11/h3-6,8,10,13-14,21H,2,7,9H2,1H3/t13-,14+/m1/s1. The van der Waals surface area contributed by atoms with Gasteiger partial charge in [-0.2, -0.15) is 0 Å². The highest BCUT2D eigenvalue weighted by atomic mass is 19.1. The van der Waals surface area contributed by atoms with Gasteiger partial charge in [0.2, 0.25) is 5.88 Å². The lowest BCUT2D eigenvalue weighted by Gasteiger charge is -2.25. The molecule has 5 nitrogen and oxygen atoms in total. The molecule has 1 aromatic heterocycles. The molecular formula is C16H18FN3O2. The van der Waals surface area contributed by atoms with E-state index < -0.39 is 6.10 Å². The first-order valence-corrected chi connectivity index (χ1v) is 7.32. The number of hydrogen-bond acceptors (Lipinski definition) is 5. The van der Waals surface area contributed by atoms with Crippen molar-refractivity contribution in [1.29, 1.82) is 0 Å². The summed E-state index contributed by atoms with van der Waals surface area (Å²) in [7, 11) is 0. The molecule has 1 N–H and O–H groups in total. The van der Waals surface area contributed by atoms with E-state index in [1.54, 1.807) is 12.1 Å². The molecular weight excluding hydrogens is 285 g/mol. The second-order valence-electron chi connectivity index (χ2n) is 5.26. The molecule has 2 atom stereocenters. The lowest BCUT2D eigenvalue weighted by Crippen LogP contribution is -2.25. The zero-order valence-corrected chi connectivity index (χ0v) is 12.3. The van der Waals surface area contributed by atoms with Crippen molar-refractivity contribution in [1.82, 2.24) is 9.97 Å². The smallest absolute Gasteiger partial charge is 0.218 e. The van der Waals surface area contributed by atoms with Gasteiger partial charge in [0.05, 0.1) is 18.8 Å². The van der Waals surface area contributed by atoms with Crippen LogP contribution in [0.15, 0.2) is 36.7 Å². The van der Waals surface area contributed by atoms with Crippen LogP contribution < -0.4 is 9.64 Å². The monoisotopic (exact) mass is 303 g/mol. The molecule has 2 heterocycles. The maximum Gasteiger partial charge on any atom is 0.218 e. The molecule has 1 saturated heterocycles. The molecule has 2 aromatic rings. The predicted octanol–water partition coefficient (Wildman–Crippen LogP) is 2.33. The number of aromatic nitrogens is 2. The highest BCUT2D eigenvalue weighted by Gasteiger charge is 2.33. The second kappa shape index (κ2) is 6.27. The number of rotatable bonds is 4. The maximum atomic E-state index is 13.5. The van der Waals surface area contributed by atoms with E-state index in [-0.39, 0.29) is 11.9 Å². The molecule has 116 valence electrons. The van der Waals surface area contributed by atoms with Crippen LogP contribution in [-0.2, 0) is 0 Å². The molecule has 0 spiro atoms. The first kappa shape index (κ1) is 14.7. The molecule has 0 bridgehead atoms. The number of aliphatic hydroxyl groups excluding tert-OH is 1. The largest absolute Gasteiger partial charge is 0.478 e. The minimum absolute atomic E-state index is 0.116. The third-order valence-corrected chi connectivity index (χ3v) is 3.73. The highest BCUT2D eigenvalue weighted by Crippen LogP contribution is 2.36. The van der Waals surface area contributed by atoms with Crippen molar-refractivity contribution >= 4 is 5.82 Å². The van der Waals surface area contributed by atoms with E-state index in [0.717, 1.165) is 5.56 Å². The summed E-state index contributed by atoms with van der Waals surface area (Å²) in [5.41, 5.74) is 0.827. The molecule has 0 amide bonds. The summed E-state index contributed by atoms with van der Waals surface area (Å²) in [4.78, 5) is 10.3. The van der Waals surface area contributed by atoms with Gasteiger partial charge in [-0.3, -0.25) is 0 Å². The number of ether oxygens (including phenoxy) is 1. The van der Waals surface area contributed by atoms with Gasteiger partial charge < -0.3 is 14.7 Å². The average molecular weight is 303 g/mol. The Balaban J connectivity index is 1.92. The Morgan fingerprint density at radius 1 is 1.36 bits per heavy atom. The number of β-amino-alcohol motifs (C(OH)–C–C–N with tert-alkyl or cyclic N) is 1. The van der Waals surface area contributed by atoms with Gasteiger partial charge in [-0.25, -0.2) is 14.4 Å². The molecule has 0 unspecified atom stereocenters. The van der Waals surface area contributed by atoms with Crippen LogP contribution in [0, 0.1) is 5.82 Å². The summed E-state index contributed by atoms with van der Waals surface area (Å²) in [5.74, 6) is 0.882. The van der Waals surface area contributed by atoms with Gasteiger partial charge in [-0.15, -0.1) is 0 Å². The van der Waals surface area contributed by atoms with Gasteiger partial charge >= 0.3 is 0 Å². The van der Waals surface area contributed by atoms with Crippen molar-refractivity contribution in [2.45, 2.75) is 25.5 Å². The molecule has 0 radical (unpaired) electrons. The van der Waals surface area contributed by atoms with E-state index >= 15 is 0 Å². The van der Waals surface area contributed by atoms with E-state index in [1.807, 2.05) is 17.9 Å². The molecule has 1 fully saturated rings. The molecule has 1 aromatic carbocycles. The van der Waals surface area contributed by atoms with E-state index in [0.29, 0.717) is 31.3 Å². The molecule has 0 saturated carbocycles. The Bertz CT molecular complexity index is 653. The van der Waals surface area contributed by atoms with Crippen molar-refractivity contribution in [3.05, 3.63) is 48.0 Å². The minimum Gasteiger partial charge on any atom is -0.478 e. The van der Waals surface area contributed by atoms with E-state index in [9.17, 15) is 9.50 Å². The Kier molecular flexibility index (Phi) is 4.20. The Hall–Kier alpha value is -2.21. The van der Waals surface area contributed by atoms with Gasteiger partial charge in [0.25, 0.3) is 0 Å². The normalized spacial score (nSPS) is 21.1. The van der Waals surface area contributed by atoms with Gasteiger partial charge in [0, 0.05) is 12.6 Å². The summed E-state index contributed by atoms with van der Waals surface area (Å²) in [6, 6.07) is 8.09. The second-order valence-corrected chi connectivity index (χ2v) is 5.26. The fourth-order valence-corrected chi connectivity index (χ4v) is 2.81. The van der Waals surface area contributed by atoms with Crippen LogP contribution >= 0.6 is 0 Å². The lowest BCUT2D eigenvalue weighted by molar-refractivity contribution is 0.194. The van der Waals surface area contributed by atoms with Gasteiger partial charge in [0.15, 0.2) is 0 Å². The van der Waals surface area contributed by atoms with E-state index in [4.69, 9.17) is 4.74 Å². The fourth-order valence-electron chi connectivity index (χ4n) is 2.81. The van der Waals surface area contributed by atoms with Crippen LogP contribution in [0.25, 0.3) is 0 Å². The van der Waals surface area contributed by atoms with E-state index in [2.05, 4.69) is 9.97 Å². The first-order valence-electron chi connectivity index (χ1n) is 7.32. The first-order chi connectivity index (χ1) is 10.7. The molecule has 22 heavy (non-hydrogen) atoms. The van der Waals surface area contributed by atoms with Gasteiger partial charge in [-0.1, -0.05) is 12.1 Å². The molecule has 0 aliphatic carbocycles. The minimum atomic E-state index is -0.473. The van der Waals surface area contributed by atoms with Crippen LogP contribution in [0.2, 0.25) is 0 Å². The van der Waals surface area contributed by atoms with Crippen molar-refractivity contribution in [2.75, 3.05) is 18.1 Å². The molecule has 3 rings (SSSR count). The van der Waals surface area contributed by atoms with Crippen LogP contribution in [0.1, 0.15) is 24.9 Å². The average Bonchev–Trinajstić information content (AvgIpc) is 2.90. The number of aliphatic hydroxyl groups is 1. The number of anilines is 1. The maximum absolute atomic E-state index is 13.5. The van der Waals surface area contributed by atoms with E-state index in [1.165, 1.54) is 18.5 Å². The quantitative estimate of drug-likeness (QED) is 0.939. The van der Waals surface area contributed by atoms with Crippen molar-refractivity contribution in [3.63, 3.8) is 0 Å². The van der Waals surface area contributed by atoms with Gasteiger partial charge in [-0.05, 0) is 31.0 Å². The van der Waals surface area contributed by atoms with Crippen molar-refractivity contribution in [2.24, 2.45) is 0 Å². The summed E-state index contributed by atoms with van der Waals surface area (Å²) >= 11 is 0. The Labute approximate surface area is 128 Å². The molecule has 1 aliphatic heterocycles. The Morgan fingerprint density at radius 2 is 2.23 bits per heavy atom. The Morgan fingerprint density at radius 3 is 3.00 bits per heavy atom. The third kappa shape index (κ3) is 3.01. The lowest BCUT2D eigenvalue weighted by atomic mass is 10.0. The number of hydrogen-bond donors (Lipinski definition) is 1. The van der Waals surface area contributed by atoms with Crippen molar-refractivity contribution in [3.8, 4) is 5.88 Å². The number of nitrogens with zero attached hydrogens (tertiary/aromatic N) is 3. The molecule has 6 heteroatoms. The van der Waals surface area contributed by atoms with Crippen LogP contribution in [0.3, 0.4) is 0 Å². The molecule has 1 aliphatic rings. The van der Waals surface area contributed by atoms with Crippen LogP contribution in [0.5, 0.6) is 5.88 Å². The van der Waals surface area contributed by atoms with Crippen LogP contribution in [0.4, 0.5) is 10.2 Å². The SMILES string of the molecule is CCOc1cc(N2C[C@H](O)C[C@H]2c2cccc(F)c2)ncn1. The fraction of sp³-hybridized carbons (Fsp3) is 0.375.